The van der Waals surface area contributed by atoms with Crippen molar-refractivity contribution in [1.82, 2.24) is 19.6 Å². The Kier molecular flexibility index (Phi) is 6.33. The van der Waals surface area contributed by atoms with Gasteiger partial charge in [0.05, 0.1) is 17.2 Å². The van der Waals surface area contributed by atoms with Crippen LogP contribution in [0.1, 0.15) is 21.5 Å². The number of piperazine rings is 1. The molecule has 1 saturated heterocycles. The van der Waals surface area contributed by atoms with Gasteiger partial charge < -0.3 is 4.90 Å². The third-order valence-electron chi connectivity index (χ3n) is 5.10. The first-order valence-electron chi connectivity index (χ1n) is 9.60. The molecular weight excluding hydrogens is 452 g/mol. The van der Waals surface area contributed by atoms with Gasteiger partial charge in [-0.05, 0) is 51.3 Å². The zero-order valence-corrected chi connectivity index (χ0v) is 18.3. The number of rotatable bonds is 5. The van der Waals surface area contributed by atoms with E-state index in [1.54, 1.807) is 6.20 Å². The minimum Gasteiger partial charge on any atom is -0.336 e. The molecule has 4 rings (SSSR count). The SMILES string of the molecule is O=C(c1cccc(Cn2cc(Br)cn2)c1)N1CCN(Cc2ccc(Cl)cc2)CC1. The van der Waals surface area contributed by atoms with E-state index in [0.717, 1.165) is 53.3 Å². The highest BCUT2D eigenvalue weighted by atomic mass is 79.9. The Labute approximate surface area is 184 Å². The molecule has 1 aromatic heterocycles. The highest BCUT2D eigenvalue weighted by molar-refractivity contribution is 9.10. The molecule has 150 valence electrons. The molecule has 0 bridgehead atoms. The monoisotopic (exact) mass is 472 g/mol. The second kappa shape index (κ2) is 9.11. The molecule has 1 amide bonds. The van der Waals surface area contributed by atoms with E-state index in [2.05, 4.69) is 38.1 Å². The van der Waals surface area contributed by atoms with Crippen molar-refractivity contribution in [2.75, 3.05) is 26.2 Å². The molecule has 0 aliphatic carbocycles. The summed E-state index contributed by atoms with van der Waals surface area (Å²) in [5.41, 5.74) is 3.04. The van der Waals surface area contributed by atoms with Crippen LogP contribution in [-0.4, -0.2) is 51.7 Å². The standard InChI is InChI=1S/C22H22BrClN4O/c23-20-13-25-28(16-20)15-18-2-1-3-19(12-18)22(29)27-10-8-26(9-11-27)14-17-4-6-21(24)7-5-17/h1-7,12-13,16H,8-11,14-15H2. The van der Waals surface area contributed by atoms with Gasteiger partial charge in [-0.2, -0.15) is 5.10 Å². The quantitative estimate of drug-likeness (QED) is 0.555. The largest absolute Gasteiger partial charge is 0.336 e. The number of hydrogen-bond donors (Lipinski definition) is 0. The Morgan fingerprint density at radius 2 is 1.76 bits per heavy atom. The molecule has 29 heavy (non-hydrogen) atoms. The number of nitrogens with zero attached hydrogens (tertiary/aromatic N) is 4. The first kappa shape index (κ1) is 20.1. The first-order chi connectivity index (χ1) is 14.1. The summed E-state index contributed by atoms with van der Waals surface area (Å²) in [4.78, 5) is 17.3. The fourth-order valence-electron chi connectivity index (χ4n) is 3.55. The van der Waals surface area contributed by atoms with Crippen LogP contribution >= 0.6 is 27.5 Å². The zero-order valence-electron chi connectivity index (χ0n) is 16.0. The van der Waals surface area contributed by atoms with Crippen LogP contribution in [0, 0.1) is 0 Å². The third-order valence-corrected chi connectivity index (χ3v) is 5.76. The number of carbonyl (C=O) groups is 1. The van der Waals surface area contributed by atoms with E-state index < -0.39 is 0 Å². The maximum Gasteiger partial charge on any atom is 0.253 e. The average molecular weight is 474 g/mol. The molecule has 2 heterocycles. The molecule has 0 radical (unpaired) electrons. The maximum absolute atomic E-state index is 13.0. The smallest absolute Gasteiger partial charge is 0.253 e. The van der Waals surface area contributed by atoms with Crippen molar-refractivity contribution in [3.8, 4) is 0 Å². The van der Waals surface area contributed by atoms with E-state index in [9.17, 15) is 4.79 Å². The number of halogens is 2. The Balaban J connectivity index is 1.34. The van der Waals surface area contributed by atoms with Gasteiger partial charge in [0.25, 0.3) is 5.91 Å². The molecule has 0 unspecified atom stereocenters. The van der Waals surface area contributed by atoms with Crippen molar-refractivity contribution in [2.24, 2.45) is 0 Å². The zero-order chi connectivity index (χ0) is 20.2. The number of aromatic nitrogens is 2. The van der Waals surface area contributed by atoms with Crippen LogP contribution in [0.3, 0.4) is 0 Å². The second-order valence-corrected chi connectivity index (χ2v) is 8.60. The normalized spacial score (nSPS) is 14.9. The number of amides is 1. The summed E-state index contributed by atoms with van der Waals surface area (Å²) in [5, 5.41) is 5.04. The van der Waals surface area contributed by atoms with Crippen LogP contribution in [0.15, 0.2) is 65.4 Å². The van der Waals surface area contributed by atoms with Gasteiger partial charge >= 0.3 is 0 Å². The lowest BCUT2D eigenvalue weighted by molar-refractivity contribution is 0.0628. The van der Waals surface area contributed by atoms with Gasteiger partial charge in [-0.3, -0.25) is 14.4 Å². The maximum atomic E-state index is 13.0. The van der Waals surface area contributed by atoms with Gasteiger partial charge in [-0.25, -0.2) is 0 Å². The van der Waals surface area contributed by atoms with Gasteiger partial charge in [0.1, 0.15) is 0 Å². The van der Waals surface area contributed by atoms with E-state index in [1.807, 2.05) is 52.2 Å². The highest BCUT2D eigenvalue weighted by Crippen LogP contribution is 2.16. The minimum absolute atomic E-state index is 0.0969. The van der Waals surface area contributed by atoms with E-state index in [-0.39, 0.29) is 5.91 Å². The van der Waals surface area contributed by atoms with E-state index in [4.69, 9.17) is 11.6 Å². The van der Waals surface area contributed by atoms with Crippen LogP contribution in [-0.2, 0) is 13.1 Å². The molecule has 7 heteroatoms. The van der Waals surface area contributed by atoms with Crippen LogP contribution < -0.4 is 0 Å². The van der Waals surface area contributed by atoms with Gasteiger partial charge in [-0.1, -0.05) is 35.9 Å². The number of carbonyl (C=O) groups excluding carboxylic acids is 1. The van der Waals surface area contributed by atoms with Gasteiger partial charge in [0, 0.05) is 49.5 Å². The third kappa shape index (κ3) is 5.26. The predicted octanol–water partition coefficient (Wildman–Crippen LogP) is 4.31. The second-order valence-electron chi connectivity index (χ2n) is 7.25. The molecule has 0 saturated carbocycles. The lowest BCUT2D eigenvalue weighted by Gasteiger charge is -2.34. The molecule has 5 nitrogen and oxygen atoms in total. The predicted molar refractivity (Wildman–Crippen MR) is 118 cm³/mol. The van der Waals surface area contributed by atoms with Crippen molar-refractivity contribution >= 4 is 33.4 Å². The molecule has 2 aromatic carbocycles. The van der Waals surface area contributed by atoms with Crippen molar-refractivity contribution < 1.29 is 4.79 Å². The summed E-state index contributed by atoms with van der Waals surface area (Å²) in [7, 11) is 0. The van der Waals surface area contributed by atoms with Gasteiger partial charge in [0.15, 0.2) is 0 Å². The summed E-state index contributed by atoms with van der Waals surface area (Å²) in [5.74, 6) is 0.0969. The summed E-state index contributed by atoms with van der Waals surface area (Å²) >= 11 is 9.37. The summed E-state index contributed by atoms with van der Waals surface area (Å²) < 4.78 is 2.80. The molecule has 0 spiro atoms. The van der Waals surface area contributed by atoms with Crippen LogP contribution in [0.2, 0.25) is 5.02 Å². The van der Waals surface area contributed by atoms with Crippen molar-refractivity contribution in [2.45, 2.75) is 13.1 Å². The lowest BCUT2D eigenvalue weighted by Crippen LogP contribution is -2.48. The van der Waals surface area contributed by atoms with Crippen LogP contribution in [0.25, 0.3) is 0 Å². The lowest BCUT2D eigenvalue weighted by atomic mass is 10.1. The summed E-state index contributed by atoms with van der Waals surface area (Å²) in [6.45, 7) is 4.74. The molecular formula is C22H22BrClN4O. The Morgan fingerprint density at radius 3 is 2.45 bits per heavy atom. The topological polar surface area (TPSA) is 41.4 Å². The van der Waals surface area contributed by atoms with Crippen molar-refractivity contribution in [3.05, 3.63) is 87.1 Å². The van der Waals surface area contributed by atoms with Crippen molar-refractivity contribution in [1.29, 1.82) is 0 Å². The Bertz CT molecular complexity index is 980. The fraction of sp³-hybridized carbons (Fsp3) is 0.273. The molecule has 1 aliphatic heterocycles. The van der Waals surface area contributed by atoms with E-state index in [0.29, 0.717) is 6.54 Å². The molecule has 3 aromatic rings. The Hall–Kier alpha value is -2.15. The average Bonchev–Trinajstić information content (AvgIpc) is 3.14. The van der Waals surface area contributed by atoms with E-state index in [1.165, 1.54) is 5.56 Å². The minimum atomic E-state index is 0.0969. The van der Waals surface area contributed by atoms with Crippen LogP contribution in [0.5, 0.6) is 0 Å². The van der Waals surface area contributed by atoms with Crippen molar-refractivity contribution in [3.63, 3.8) is 0 Å². The molecule has 1 fully saturated rings. The summed E-state index contributed by atoms with van der Waals surface area (Å²) in [6, 6.07) is 15.8. The van der Waals surface area contributed by atoms with E-state index >= 15 is 0 Å². The summed E-state index contributed by atoms with van der Waals surface area (Å²) in [6.07, 6.45) is 3.69. The number of benzene rings is 2. The number of hydrogen-bond acceptors (Lipinski definition) is 3. The van der Waals surface area contributed by atoms with Gasteiger partial charge in [-0.15, -0.1) is 0 Å². The first-order valence-corrected chi connectivity index (χ1v) is 10.8. The van der Waals surface area contributed by atoms with Gasteiger partial charge in [0.2, 0.25) is 0 Å². The highest BCUT2D eigenvalue weighted by Gasteiger charge is 2.22. The molecule has 0 atom stereocenters. The molecule has 1 aliphatic rings. The molecule has 0 N–H and O–H groups in total. The Morgan fingerprint density at radius 1 is 1.00 bits per heavy atom. The van der Waals surface area contributed by atoms with Crippen LogP contribution in [0.4, 0.5) is 0 Å². The fourth-order valence-corrected chi connectivity index (χ4v) is 4.01.